The predicted octanol–water partition coefficient (Wildman–Crippen LogP) is 3.00. The second-order valence-corrected chi connectivity index (χ2v) is 9.04. The number of anilines is 1. The molecule has 33 heavy (non-hydrogen) atoms. The van der Waals surface area contributed by atoms with E-state index in [1.165, 1.54) is 6.20 Å². The maximum absolute atomic E-state index is 15.0. The summed E-state index contributed by atoms with van der Waals surface area (Å²) in [6, 6.07) is 5.45. The zero-order valence-electron chi connectivity index (χ0n) is 18.5. The number of benzene rings is 1. The van der Waals surface area contributed by atoms with Crippen LogP contribution in [0.4, 0.5) is 10.1 Å². The first kappa shape index (κ1) is 21.4. The highest BCUT2D eigenvalue weighted by Gasteiger charge is 2.30. The molecule has 0 aliphatic carbocycles. The molecule has 9 heteroatoms. The summed E-state index contributed by atoms with van der Waals surface area (Å²) in [5, 5.41) is 2.86. The number of amides is 2. The van der Waals surface area contributed by atoms with Gasteiger partial charge in [0.25, 0.3) is 5.91 Å². The molecule has 172 valence electrons. The number of nitrogens with zero attached hydrogens (tertiary/aromatic N) is 3. The summed E-state index contributed by atoms with van der Waals surface area (Å²) < 4.78 is 15.0. The molecule has 0 spiro atoms. The molecule has 2 saturated heterocycles. The van der Waals surface area contributed by atoms with Crippen LogP contribution in [0.25, 0.3) is 11.2 Å². The lowest BCUT2D eigenvalue weighted by Gasteiger charge is -2.32. The monoisotopic (exact) mass is 450 g/mol. The Morgan fingerprint density at radius 3 is 2.70 bits per heavy atom. The lowest BCUT2D eigenvalue weighted by molar-refractivity contribution is -0.122. The van der Waals surface area contributed by atoms with E-state index in [1.54, 1.807) is 17.0 Å². The van der Waals surface area contributed by atoms with Crippen molar-refractivity contribution in [2.24, 2.45) is 0 Å². The van der Waals surface area contributed by atoms with Gasteiger partial charge in [0.2, 0.25) is 5.91 Å². The van der Waals surface area contributed by atoms with E-state index in [0.29, 0.717) is 73.3 Å². The summed E-state index contributed by atoms with van der Waals surface area (Å²) in [7, 11) is 0. The third-order valence-corrected chi connectivity index (χ3v) is 6.81. The van der Waals surface area contributed by atoms with E-state index in [-0.39, 0.29) is 29.5 Å². The minimum absolute atomic E-state index is 0.0425. The van der Waals surface area contributed by atoms with E-state index >= 15 is 0 Å². The number of H-pyrrole nitrogens is 1. The fraction of sp³-hybridized carbons (Fsp3) is 0.417. The number of pyridine rings is 1. The number of imidazole rings is 1. The van der Waals surface area contributed by atoms with Gasteiger partial charge in [-0.15, -0.1) is 0 Å². The van der Waals surface area contributed by atoms with Crippen molar-refractivity contribution in [3.05, 3.63) is 52.7 Å². The summed E-state index contributed by atoms with van der Waals surface area (Å²) >= 11 is 0. The third-order valence-electron chi connectivity index (χ3n) is 6.81. The predicted molar refractivity (Wildman–Crippen MR) is 122 cm³/mol. The molecule has 1 atom stereocenters. The molecular formula is C24H27FN6O2. The zero-order chi connectivity index (χ0) is 23.1. The molecule has 1 aromatic carbocycles. The molecule has 0 bridgehead atoms. The van der Waals surface area contributed by atoms with Crippen LogP contribution in [0.3, 0.4) is 0 Å². The topological polar surface area (TPSA) is 117 Å². The van der Waals surface area contributed by atoms with Crippen molar-refractivity contribution >= 4 is 28.7 Å². The average molecular weight is 451 g/mol. The maximum Gasteiger partial charge on any atom is 0.255 e. The number of piperidine rings is 2. The quantitative estimate of drug-likeness (QED) is 0.531. The number of hydrogen-bond donors (Lipinski definition) is 3. The highest BCUT2D eigenvalue weighted by atomic mass is 19.1. The minimum Gasteiger partial charge on any atom is -0.398 e. The fourth-order valence-corrected chi connectivity index (χ4v) is 4.95. The highest BCUT2D eigenvalue weighted by Crippen LogP contribution is 2.35. The number of nitrogens with one attached hydrogen (secondary N) is 2. The van der Waals surface area contributed by atoms with Gasteiger partial charge < -0.3 is 20.9 Å². The van der Waals surface area contributed by atoms with Crippen molar-refractivity contribution in [1.82, 2.24) is 25.2 Å². The van der Waals surface area contributed by atoms with Crippen molar-refractivity contribution in [2.75, 3.05) is 25.4 Å². The number of rotatable bonds is 3. The van der Waals surface area contributed by atoms with Crippen molar-refractivity contribution in [1.29, 1.82) is 0 Å². The Morgan fingerprint density at radius 2 is 2.00 bits per heavy atom. The molecule has 5 rings (SSSR count). The van der Waals surface area contributed by atoms with Crippen LogP contribution < -0.4 is 11.1 Å². The number of aryl methyl sites for hydroxylation is 1. The van der Waals surface area contributed by atoms with Gasteiger partial charge in [0.1, 0.15) is 11.6 Å². The Balaban J connectivity index is 1.35. The Bertz CT molecular complexity index is 1220. The Kier molecular flexibility index (Phi) is 5.47. The van der Waals surface area contributed by atoms with E-state index in [0.717, 1.165) is 11.4 Å². The Hall–Kier alpha value is -3.49. The highest BCUT2D eigenvalue weighted by molar-refractivity contribution is 5.99. The van der Waals surface area contributed by atoms with Gasteiger partial charge in [-0.25, -0.2) is 14.4 Å². The third kappa shape index (κ3) is 4.03. The van der Waals surface area contributed by atoms with E-state index in [2.05, 4.69) is 20.3 Å². The smallest absolute Gasteiger partial charge is 0.255 e. The van der Waals surface area contributed by atoms with E-state index in [4.69, 9.17) is 5.73 Å². The first-order valence-electron chi connectivity index (χ1n) is 11.4. The van der Waals surface area contributed by atoms with Gasteiger partial charge in [0.15, 0.2) is 5.65 Å². The first-order valence-corrected chi connectivity index (χ1v) is 11.4. The summed E-state index contributed by atoms with van der Waals surface area (Å²) in [4.78, 5) is 38.3. The summed E-state index contributed by atoms with van der Waals surface area (Å²) in [6.07, 6.45) is 3.67. The van der Waals surface area contributed by atoms with Gasteiger partial charge >= 0.3 is 0 Å². The number of likely N-dealkylation sites (tertiary alicyclic amines) is 1. The molecule has 4 N–H and O–H groups in total. The van der Waals surface area contributed by atoms with Gasteiger partial charge in [-0.05, 0) is 49.8 Å². The van der Waals surface area contributed by atoms with E-state index < -0.39 is 0 Å². The van der Waals surface area contributed by atoms with Crippen LogP contribution in [-0.4, -0.2) is 51.3 Å². The van der Waals surface area contributed by atoms with E-state index in [9.17, 15) is 14.0 Å². The molecule has 2 amide bonds. The van der Waals surface area contributed by atoms with Crippen molar-refractivity contribution in [3.63, 3.8) is 0 Å². The molecule has 2 fully saturated rings. The van der Waals surface area contributed by atoms with Gasteiger partial charge in [0.05, 0.1) is 17.3 Å². The van der Waals surface area contributed by atoms with Crippen LogP contribution in [0.5, 0.6) is 0 Å². The molecule has 2 aromatic heterocycles. The number of hydrogen-bond acceptors (Lipinski definition) is 5. The zero-order valence-corrected chi connectivity index (χ0v) is 18.5. The van der Waals surface area contributed by atoms with Gasteiger partial charge in [0, 0.05) is 43.2 Å². The first-order chi connectivity index (χ1) is 15.9. The van der Waals surface area contributed by atoms with Crippen LogP contribution >= 0.6 is 0 Å². The van der Waals surface area contributed by atoms with Crippen LogP contribution in [0.15, 0.2) is 24.4 Å². The number of aromatic amines is 1. The Labute approximate surface area is 190 Å². The number of nitrogens with two attached hydrogens (primary N) is 1. The number of carbonyl (C=O) groups excluding carboxylic acids is 2. The van der Waals surface area contributed by atoms with Crippen molar-refractivity contribution in [2.45, 2.75) is 44.4 Å². The molecule has 3 aromatic rings. The molecule has 2 aliphatic heterocycles. The number of nitrogen functional groups attached to an aromatic ring is 1. The van der Waals surface area contributed by atoms with Crippen molar-refractivity contribution < 1.29 is 14.0 Å². The minimum atomic E-state index is -0.359. The largest absolute Gasteiger partial charge is 0.398 e. The van der Waals surface area contributed by atoms with Crippen LogP contribution in [0.2, 0.25) is 0 Å². The molecule has 1 unspecified atom stereocenters. The lowest BCUT2D eigenvalue weighted by atomic mass is 9.88. The number of fused-ring (bicyclic) bond motifs is 1. The molecule has 4 heterocycles. The normalized spacial score (nSPS) is 19.6. The second kappa shape index (κ2) is 8.46. The maximum atomic E-state index is 15.0. The number of carbonyl (C=O) groups is 2. The van der Waals surface area contributed by atoms with Crippen LogP contribution in [0.1, 0.15) is 64.8 Å². The molecule has 0 radical (unpaired) electrons. The van der Waals surface area contributed by atoms with Crippen LogP contribution in [-0.2, 0) is 4.79 Å². The number of halogens is 1. The summed E-state index contributed by atoms with van der Waals surface area (Å²) in [5.74, 6) is 0.339. The SMILES string of the molecule is Cc1ccc(C(=O)N2CCC(c3c(F)cnc4nc(C5CCC(=O)NC5)[nH]c34)CC2)c(N)c1. The average Bonchev–Trinajstić information content (AvgIpc) is 3.23. The molecular weight excluding hydrogens is 423 g/mol. The molecule has 8 nitrogen and oxygen atoms in total. The van der Waals surface area contributed by atoms with Crippen molar-refractivity contribution in [3.8, 4) is 0 Å². The van der Waals surface area contributed by atoms with Crippen LogP contribution in [0, 0.1) is 12.7 Å². The fourth-order valence-electron chi connectivity index (χ4n) is 4.95. The number of aromatic nitrogens is 3. The molecule has 0 saturated carbocycles. The standard InChI is InChI=1S/C24H27FN6O2/c1-13-2-4-16(18(26)10-13)24(33)31-8-6-14(7-9-31)20-17(25)12-28-23-21(20)29-22(30-23)15-3-5-19(32)27-11-15/h2,4,10,12,14-15H,3,5-9,11,26H2,1H3,(H,27,32)(H,28,29,30). The Morgan fingerprint density at radius 1 is 1.21 bits per heavy atom. The van der Waals surface area contributed by atoms with Gasteiger partial charge in [-0.2, -0.15) is 0 Å². The summed E-state index contributed by atoms with van der Waals surface area (Å²) in [6.45, 7) is 3.50. The lowest BCUT2D eigenvalue weighted by Crippen LogP contribution is -2.38. The molecule has 2 aliphatic rings. The summed E-state index contributed by atoms with van der Waals surface area (Å²) in [5.41, 5.74) is 9.75. The van der Waals surface area contributed by atoms with Gasteiger partial charge in [-0.3, -0.25) is 9.59 Å². The second-order valence-electron chi connectivity index (χ2n) is 9.04. The van der Waals surface area contributed by atoms with Gasteiger partial charge in [-0.1, -0.05) is 6.07 Å². The van der Waals surface area contributed by atoms with E-state index in [1.807, 2.05) is 13.0 Å².